The normalized spacial score (nSPS) is 17.0. The number of hydrogen-bond acceptors (Lipinski definition) is 4. The molecule has 1 saturated heterocycles. The summed E-state index contributed by atoms with van der Waals surface area (Å²) in [6.07, 6.45) is 9.49. The van der Waals surface area contributed by atoms with Crippen molar-refractivity contribution in [1.82, 2.24) is 19.7 Å². The minimum Gasteiger partial charge on any atom is -0.490 e. The predicted octanol–water partition coefficient (Wildman–Crippen LogP) is 2.47. The second kappa shape index (κ2) is 6.91. The van der Waals surface area contributed by atoms with Crippen molar-refractivity contribution in [2.75, 3.05) is 19.6 Å². The van der Waals surface area contributed by atoms with Crippen LogP contribution in [-0.2, 0) is 6.54 Å². The van der Waals surface area contributed by atoms with Crippen LogP contribution in [0.1, 0.15) is 12.8 Å². The number of hydrogen-bond donors (Lipinski definition) is 0. The zero-order valence-corrected chi connectivity index (χ0v) is 12.6. The molecule has 0 atom stereocenters. The molecule has 0 aromatic carbocycles. The van der Waals surface area contributed by atoms with Crippen LogP contribution in [0.5, 0.6) is 5.75 Å². The van der Waals surface area contributed by atoms with Crippen molar-refractivity contribution in [1.29, 1.82) is 0 Å². The van der Waals surface area contributed by atoms with Gasteiger partial charge in [0.2, 0.25) is 0 Å². The van der Waals surface area contributed by atoms with Gasteiger partial charge in [0, 0.05) is 38.2 Å². The molecular weight excluding hydrogens is 288 g/mol. The van der Waals surface area contributed by atoms with E-state index in [-0.39, 0.29) is 0 Å². The first-order valence-electron chi connectivity index (χ1n) is 7.26. The van der Waals surface area contributed by atoms with Crippen LogP contribution in [0.4, 0.5) is 0 Å². The zero-order valence-electron chi connectivity index (χ0n) is 11.9. The third kappa shape index (κ3) is 4.19. The molecule has 3 heterocycles. The number of nitrogens with zero attached hydrogens (tertiary/aromatic N) is 4. The quantitative estimate of drug-likeness (QED) is 0.851. The fraction of sp³-hybridized carbons (Fsp3) is 0.467. The third-order valence-corrected chi connectivity index (χ3v) is 3.93. The van der Waals surface area contributed by atoms with E-state index in [1.807, 2.05) is 23.0 Å². The van der Waals surface area contributed by atoms with Crippen molar-refractivity contribution >= 4 is 11.6 Å². The first kappa shape index (κ1) is 14.4. The molecular formula is C15H19ClN4O. The van der Waals surface area contributed by atoms with Crippen molar-refractivity contribution in [3.8, 4) is 5.75 Å². The van der Waals surface area contributed by atoms with Crippen LogP contribution in [0.3, 0.4) is 0 Å². The second-order valence-corrected chi connectivity index (χ2v) is 5.70. The number of pyridine rings is 1. The van der Waals surface area contributed by atoms with Crippen LogP contribution in [-0.4, -0.2) is 45.4 Å². The Morgan fingerprint density at radius 3 is 2.62 bits per heavy atom. The first-order valence-corrected chi connectivity index (χ1v) is 7.64. The molecule has 0 bridgehead atoms. The molecule has 5 nitrogen and oxygen atoms in total. The number of piperidine rings is 1. The van der Waals surface area contributed by atoms with Crippen molar-refractivity contribution in [3.05, 3.63) is 41.9 Å². The van der Waals surface area contributed by atoms with Crippen LogP contribution in [0, 0.1) is 0 Å². The van der Waals surface area contributed by atoms with Crippen LogP contribution >= 0.6 is 11.6 Å². The van der Waals surface area contributed by atoms with E-state index in [2.05, 4.69) is 15.0 Å². The first-order chi connectivity index (χ1) is 10.3. The highest BCUT2D eigenvalue weighted by molar-refractivity contribution is 6.30. The maximum absolute atomic E-state index is 5.97. The lowest BCUT2D eigenvalue weighted by Gasteiger charge is -2.32. The number of ether oxygens (including phenoxy) is 1. The van der Waals surface area contributed by atoms with Gasteiger partial charge in [-0.3, -0.25) is 9.67 Å². The fourth-order valence-electron chi connectivity index (χ4n) is 2.56. The Hall–Kier alpha value is -1.59. The van der Waals surface area contributed by atoms with Crippen LogP contribution < -0.4 is 4.74 Å². The zero-order chi connectivity index (χ0) is 14.5. The van der Waals surface area contributed by atoms with E-state index >= 15 is 0 Å². The molecule has 2 aromatic rings. The average molecular weight is 307 g/mol. The van der Waals surface area contributed by atoms with Gasteiger partial charge in [0.25, 0.3) is 0 Å². The summed E-state index contributed by atoms with van der Waals surface area (Å²) in [5.74, 6) is 0.912. The minimum absolute atomic E-state index is 0.308. The van der Waals surface area contributed by atoms with Gasteiger partial charge >= 0.3 is 0 Å². The van der Waals surface area contributed by atoms with Gasteiger partial charge in [-0.1, -0.05) is 11.6 Å². The number of halogens is 1. The lowest BCUT2D eigenvalue weighted by atomic mass is 10.1. The molecule has 0 radical (unpaired) electrons. The SMILES string of the molecule is Clc1cnn(CCN2CCC(Oc3ccncc3)CC2)c1. The van der Waals surface area contributed by atoms with Crippen molar-refractivity contribution in [2.24, 2.45) is 0 Å². The second-order valence-electron chi connectivity index (χ2n) is 5.26. The summed E-state index contributed by atoms with van der Waals surface area (Å²) in [6, 6.07) is 3.82. The van der Waals surface area contributed by atoms with Crippen molar-refractivity contribution in [2.45, 2.75) is 25.5 Å². The smallest absolute Gasteiger partial charge is 0.122 e. The maximum atomic E-state index is 5.97. The molecule has 21 heavy (non-hydrogen) atoms. The van der Waals surface area contributed by atoms with Gasteiger partial charge in [0.15, 0.2) is 0 Å². The third-order valence-electron chi connectivity index (χ3n) is 3.73. The van der Waals surface area contributed by atoms with E-state index in [0.717, 1.165) is 44.8 Å². The Balaban J connectivity index is 1.40. The molecule has 0 unspecified atom stereocenters. The van der Waals surface area contributed by atoms with Crippen LogP contribution in [0.2, 0.25) is 5.02 Å². The Labute approximate surface area is 129 Å². The Bertz CT molecular complexity index is 552. The molecule has 0 amide bonds. The summed E-state index contributed by atoms with van der Waals surface area (Å²) in [5, 5.41) is 4.89. The summed E-state index contributed by atoms with van der Waals surface area (Å²) in [6.45, 7) is 4.00. The van der Waals surface area contributed by atoms with Gasteiger partial charge < -0.3 is 9.64 Å². The molecule has 1 fully saturated rings. The van der Waals surface area contributed by atoms with Gasteiger partial charge in [-0.2, -0.15) is 5.10 Å². The van der Waals surface area contributed by atoms with Crippen LogP contribution in [0.15, 0.2) is 36.9 Å². The minimum atomic E-state index is 0.308. The Kier molecular flexibility index (Phi) is 4.72. The van der Waals surface area contributed by atoms with E-state index in [0.29, 0.717) is 11.1 Å². The molecule has 3 rings (SSSR count). The van der Waals surface area contributed by atoms with Crippen LogP contribution in [0.25, 0.3) is 0 Å². The van der Waals surface area contributed by atoms with Gasteiger partial charge in [0.05, 0.1) is 17.8 Å². The fourth-order valence-corrected chi connectivity index (χ4v) is 2.72. The standard InChI is InChI=1S/C15H19ClN4O/c16-13-11-18-20(12-13)10-9-19-7-3-15(4-8-19)21-14-1-5-17-6-2-14/h1-2,5-6,11-12,15H,3-4,7-10H2. The number of likely N-dealkylation sites (tertiary alicyclic amines) is 1. The molecule has 112 valence electrons. The summed E-state index contributed by atoms with van der Waals surface area (Å²) in [5.41, 5.74) is 0. The van der Waals surface area contributed by atoms with E-state index in [1.165, 1.54) is 0 Å². The summed E-state index contributed by atoms with van der Waals surface area (Å²) in [7, 11) is 0. The molecule has 0 spiro atoms. The highest BCUT2D eigenvalue weighted by Gasteiger charge is 2.20. The summed E-state index contributed by atoms with van der Waals surface area (Å²) in [4.78, 5) is 6.45. The predicted molar refractivity (Wildman–Crippen MR) is 81.6 cm³/mol. The largest absolute Gasteiger partial charge is 0.490 e. The molecule has 0 saturated carbocycles. The molecule has 1 aliphatic heterocycles. The molecule has 1 aliphatic rings. The Morgan fingerprint density at radius 1 is 1.19 bits per heavy atom. The highest BCUT2D eigenvalue weighted by atomic mass is 35.5. The molecule has 2 aromatic heterocycles. The number of rotatable bonds is 5. The number of aromatic nitrogens is 3. The summed E-state index contributed by atoms with van der Waals surface area (Å²) < 4.78 is 7.86. The highest BCUT2D eigenvalue weighted by Crippen LogP contribution is 2.18. The summed E-state index contributed by atoms with van der Waals surface area (Å²) >= 11 is 5.86. The topological polar surface area (TPSA) is 43.2 Å². The van der Waals surface area contributed by atoms with Gasteiger partial charge in [-0.25, -0.2) is 0 Å². The van der Waals surface area contributed by atoms with Gasteiger partial charge in [0.1, 0.15) is 11.9 Å². The van der Waals surface area contributed by atoms with E-state index in [4.69, 9.17) is 16.3 Å². The average Bonchev–Trinajstić information content (AvgIpc) is 2.93. The van der Waals surface area contributed by atoms with E-state index in [1.54, 1.807) is 18.6 Å². The Morgan fingerprint density at radius 2 is 1.95 bits per heavy atom. The van der Waals surface area contributed by atoms with E-state index in [9.17, 15) is 0 Å². The molecule has 6 heteroatoms. The lowest BCUT2D eigenvalue weighted by molar-refractivity contribution is 0.0979. The van der Waals surface area contributed by atoms with Crippen molar-refractivity contribution < 1.29 is 4.74 Å². The van der Waals surface area contributed by atoms with Crippen molar-refractivity contribution in [3.63, 3.8) is 0 Å². The van der Waals surface area contributed by atoms with Gasteiger partial charge in [-0.05, 0) is 25.0 Å². The lowest BCUT2D eigenvalue weighted by Crippen LogP contribution is -2.39. The molecule has 0 N–H and O–H groups in total. The maximum Gasteiger partial charge on any atom is 0.122 e. The van der Waals surface area contributed by atoms with E-state index < -0.39 is 0 Å². The molecule has 0 aliphatic carbocycles. The van der Waals surface area contributed by atoms with Gasteiger partial charge in [-0.15, -0.1) is 0 Å². The monoisotopic (exact) mass is 306 g/mol.